The van der Waals surface area contributed by atoms with E-state index in [0.717, 1.165) is 6.07 Å². The Hall–Kier alpha value is -2.02. The molecule has 1 rings (SSSR count). The molecular weight excluding hydrogens is 268 g/mol. The maximum absolute atomic E-state index is 12.4. The number of aromatic amines is 1. The van der Waals surface area contributed by atoms with Crippen molar-refractivity contribution in [1.29, 1.82) is 0 Å². The van der Waals surface area contributed by atoms with Crippen molar-refractivity contribution in [3.05, 3.63) is 42.8 Å². The van der Waals surface area contributed by atoms with Gasteiger partial charge in [0.1, 0.15) is 11.4 Å². The van der Waals surface area contributed by atoms with Crippen LogP contribution in [0.15, 0.2) is 31.4 Å². The molecule has 0 aliphatic rings. The van der Waals surface area contributed by atoms with Crippen molar-refractivity contribution in [2.24, 2.45) is 0 Å². The zero-order valence-corrected chi connectivity index (χ0v) is 10.9. The van der Waals surface area contributed by atoms with Gasteiger partial charge >= 0.3 is 0 Å². The molecule has 3 N–H and O–H groups in total. The van der Waals surface area contributed by atoms with E-state index in [0.29, 0.717) is 0 Å². The molecule has 1 amide bonds. The highest BCUT2D eigenvalue weighted by atomic mass is 19.3. The first-order valence-corrected chi connectivity index (χ1v) is 5.97. The Balaban J connectivity index is 2.64. The molecule has 0 fully saturated rings. The quantitative estimate of drug-likeness (QED) is 0.639. The van der Waals surface area contributed by atoms with E-state index in [-0.39, 0.29) is 25.1 Å². The van der Waals surface area contributed by atoms with Gasteiger partial charge in [0.2, 0.25) is 0 Å². The molecule has 0 spiro atoms. The lowest BCUT2D eigenvalue weighted by atomic mass is 9.95. The Bertz CT molecular complexity index is 476. The van der Waals surface area contributed by atoms with Crippen LogP contribution in [-0.2, 0) is 0 Å². The Morgan fingerprint density at radius 2 is 2.10 bits per heavy atom. The number of aliphatic hydroxyl groups is 1. The van der Waals surface area contributed by atoms with Crippen LogP contribution in [0.5, 0.6) is 0 Å². The standard InChI is InChI=1S/C13H17F2N3O2/c1-3-5-13(20,6-4-2)8-16-12(19)10-7-9(11(14)15)17-18-10/h3-4,7,11,20H,1-2,5-6,8H2,(H,16,19)(H,17,18). The second kappa shape index (κ2) is 6.95. The van der Waals surface area contributed by atoms with Gasteiger partial charge in [-0.25, -0.2) is 8.78 Å². The van der Waals surface area contributed by atoms with Gasteiger partial charge in [0, 0.05) is 6.54 Å². The monoisotopic (exact) mass is 285 g/mol. The first-order valence-electron chi connectivity index (χ1n) is 5.97. The highest BCUT2D eigenvalue weighted by Crippen LogP contribution is 2.17. The predicted molar refractivity (Wildman–Crippen MR) is 70.5 cm³/mol. The molecule has 0 saturated carbocycles. The molecular formula is C13H17F2N3O2. The van der Waals surface area contributed by atoms with Crippen molar-refractivity contribution in [2.45, 2.75) is 24.9 Å². The zero-order chi connectivity index (χ0) is 15.2. The first-order chi connectivity index (χ1) is 9.41. The van der Waals surface area contributed by atoms with Crippen LogP contribution in [0.3, 0.4) is 0 Å². The van der Waals surface area contributed by atoms with Crippen molar-refractivity contribution in [3.63, 3.8) is 0 Å². The zero-order valence-electron chi connectivity index (χ0n) is 10.9. The van der Waals surface area contributed by atoms with Crippen molar-refractivity contribution in [2.75, 3.05) is 6.54 Å². The van der Waals surface area contributed by atoms with Crippen LogP contribution < -0.4 is 5.32 Å². The first kappa shape index (κ1) is 16.0. The molecule has 1 heterocycles. The molecule has 0 unspecified atom stereocenters. The molecule has 0 aliphatic heterocycles. The van der Waals surface area contributed by atoms with E-state index in [1.165, 1.54) is 12.2 Å². The fraction of sp³-hybridized carbons (Fsp3) is 0.385. The molecule has 0 saturated heterocycles. The van der Waals surface area contributed by atoms with E-state index in [4.69, 9.17) is 0 Å². The fourth-order valence-corrected chi connectivity index (χ4v) is 1.67. The number of nitrogens with one attached hydrogen (secondary N) is 2. The highest BCUT2D eigenvalue weighted by Gasteiger charge is 2.25. The number of aromatic nitrogens is 2. The lowest BCUT2D eigenvalue weighted by Gasteiger charge is -2.25. The Kier molecular flexibility index (Phi) is 5.57. The van der Waals surface area contributed by atoms with E-state index >= 15 is 0 Å². The van der Waals surface area contributed by atoms with Gasteiger partial charge in [-0.3, -0.25) is 9.89 Å². The van der Waals surface area contributed by atoms with Crippen molar-refractivity contribution < 1.29 is 18.7 Å². The summed E-state index contributed by atoms with van der Waals surface area (Å²) >= 11 is 0. The van der Waals surface area contributed by atoms with E-state index in [1.807, 2.05) is 0 Å². The molecule has 1 aromatic rings. The molecule has 0 aromatic carbocycles. The second-order valence-electron chi connectivity index (χ2n) is 4.40. The predicted octanol–water partition coefficient (Wildman–Crippen LogP) is 1.96. The topological polar surface area (TPSA) is 78.0 Å². The summed E-state index contributed by atoms with van der Waals surface area (Å²) in [5.74, 6) is -0.639. The number of hydrogen-bond donors (Lipinski definition) is 3. The van der Waals surface area contributed by atoms with E-state index in [2.05, 4.69) is 28.7 Å². The number of carbonyl (C=O) groups is 1. The fourth-order valence-electron chi connectivity index (χ4n) is 1.67. The molecule has 0 bridgehead atoms. The minimum absolute atomic E-state index is 0.0548. The van der Waals surface area contributed by atoms with E-state index in [1.54, 1.807) is 0 Å². The van der Waals surface area contributed by atoms with Crippen LogP contribution in [0, 0.1) is 0 Å². The Labute approximate surface area is 115 Å². The smallest absolute Gasteiger partial charge is 0.279 e. The number of alkyl halides is 2. The van der Waals surface area contributed by atoms with Gasteiger partial charge < -0.3 is 10.4 Å². The number of hydrogen-bond acceptors (Lipinski definition) is 3. The van der Waals surface area contributed by atoms with Gasteiger partial charge in [0.15, 0.2) is 0 Å². The van der Waals surface area contributed by atoms with Crippen molar-refractivity contribution >= 4 is 5.91 Å². The summed E-state index contributed by atoms with van der Waals surface area (Å²) in [5, 5.41) is 18.2. The van der Waals surface area contributed by atoms with Crippen LogP contribution in [-0.4, -0.2) is 33.4 Å². The number of nitrogens with zero attached hydrogens (tertiary/aromatic N) is 1. The van der Waals surface area contributed by atoms with Gasteiger partial charge in [0.05, 0.1) is 5.60 Å². The molecule has 20 heavy (non-hydrogen) atoms. The lowest BCUT2D eigenvalue weighted by Crippen LogP contribution is -2.42. The minimum Gasteiger partial charge on any atom is -0.387 e. The average Bonchev–Trinajstić information content (AvgIpc) is 2.86. The second-order valence-corrected chi connectivity index (χ2v) is 4.40. The van der Waals surface area contributed by atoms with Gasteiger partial charge in [-0.2, -0.15) is 5.10 Å². The summed E-state index contributed by atoms with van der Waals surface area (Å²) in [5.41, 5.74) is -1.77. The van der Waals surface area contributed by atoms with Crippen molar-refractivity contribution in [3.8, 4) is 0 Å². The molecule has 110 valence electrons. The average molecular weight is 285 g/mol. The molecule has 0 aliphatic carbocycles. The summed E-state index contributed by atoms with van der Waals surface area (Å²) in [6.07, 6.45) is 0.866. The molecule has 0 atom stereocenters. The lowest BCUT2D eigenvalue weighted by molar-refractivity contribution is 0.0436. The third-order valence-corrected chi connectivity index (χ3v) is 2.69. The van der Waals surface area contributed by atoms with Crippen LogP contribution in [0.25, 0.3) is 0 Å². The minimum atomic E-state index is -2.72. The largest absolute Gasteiger partial charge is 0.387 e. The number of rotatable bonds is 8. The van der Waals surface area contributed by atoms with E-state index in [9.17, 15) is 18.7 Å². The Morgan fingerprint density at radius 3 is 2.55 bits per heavy atom. The highest BCUT2D eigenvalue weighted by molar-refractivity contribution is 5.92. The number of halogens is 2. The summed E-state index contributed by atoms with van der Waals surface area (Å²) in [7, 11) is 0. The van der Waals surface area contributed by atoms with Gasteiger partial charge in [-0.05, 0) is 18.9 Å². The summed E-state index contributed by atoms with van der Waals surface area (Å²) < 4.78 is 24.7. The number of amides is 1. The van der Waals surface area contributed by atoms with Gasteiger partial charge in [-0.1, -0.05) is 12.2 Å². The van der Waals surface area contributed by atoms with Gasteiger partial charge in [-0.15, -0.1) is 13.2 Å². The molecule has 1 aromatic heterocycles. The molecule has 5 nitrogen and oxygen atoms in total. The molecule has 0 radical (unpaired) electrons. The van der Waals surface area contributed by atoms with Crippen molar-refractivity contribution in [1.82, 2.24) is 15.5 Å². The van der Waals surface area contributed by atoms with E-state index < -0.39 is 23.6 Å². The molecule has 7 heteroatoms. The van der Waals surface area contributed by atoms with Crippen LogP contribution in [0.2, 0.25) is 0 Å². The normalized spacial score (nSPS) is 11.4. The summed E-state index contributed by atoms with van der Waals surface area (Å²) in [4.78, 5) is 11.7. The summed E-state index contributed by atoms with van der Waals surface area (Å²) in [6, 6.07) is 0.972. The third-order valence-electron chi connectivity index (χ3n) is 2.69. The number of carbonyl (C=O) groups excluding carboxylic acids is 1. The SMILES string of the molecule is C=CCC(O)(CC=C)CNC(=O)c1cc(C(F)F)[nH]n1. The van der Waals surface area contributed by atoms with Crippen LogP contribution >= 0.6 is 0 Å². The van der Waals surface area contributed by atoms with Gasteiger partial charge in [0.25, 0.3) is 12.3 Å². The third kappa shape index (κ3) is 4.27. The van der Waals surface area contributed by atoms with Crippen LogP contribution in [0.1, 0.15) is 35.4 Å². The van der Waals surface area contributed by atoms with Crippen LogP contribution in [0.4, 0.5) is 8.78 Å². The number of H-pyrrole nitrogens is 1. The maximum atomic E-state index is 12.4. The Morgan fingerprint density at radius 1 is 1.50 bits per heavy atom. The maximum Gasteiger partial charge on any atom is 0.279 e. The summed E-state index contributed by atoms with van der Waals surface area (Å²) in [6.45, 7) is 7.00.